The van der Waals surface area contributed by atoms with Crippen molar-refractivity contribution >= 4 is 0 Å². The largest absolute Gasteiger partial charge is 0.378 e. The van der Waals surface area contributed by atoms with Crippen molar-refractivity contribution in [1.82, 2.24) is 4.90 Å². The van der Waals surface area contributed by atoms with Crippen LogP contribution < -0.4 is 5.73 Å². The lowest BCUT2D eigenvalue weighted by Gasteiger charge is -2.48. The van der Waals surface area contributed by atoms with Crippen LogP contribution in [0.4, 0.5) is 0 Å². The molecule has 0 bridgehead atoms. The zero-order valence-electron chi connectivity index (χ0n) is 12.2. The summed E-state index contributed by atoms with van der Waals surface area (Å²) in [5, 5.41) is 0. The van der Waals surface area contributed by atoms with Gasteiger partial charge < -0.3 is 10.5 Å². The van der Waals surface area contributed by atoms with Gasteiger partial charge in [0.1, 0.15) is 0 Å². The molecule has 1 atom stereocenters. The van der Waals surface area contributed by atoms with Gasteiger partial charge in [-0.2, -0.15) is 0 Å². The molecule has 0 amide bonds. The third-order valence-corrected chi connectivity index (χ3v) is 4.80. The summed E-state index contributed by atoms with van der Waals surface area (Å²) in [5.41, 5.74) is 6.27. The van der Waals surface area contributed by atoms with E-state index in [0.29, 0.717) is 6.04 Å². The lowest BCUT2D eigenvalue weighted by molar-refractivity contribution is -0.0821. The minimum Gasteiger partial charge on any atom is -0.378 e. The van der Waals surface area contributed by atoms with E-state index in [0.717, 1.165) is 32.2 Å². The van der Waals surface area contributed by atoms with Gasteiger partial charge in [-0.15, -0.1) is 0 Å². The van der Waals surface area contributed by atoms with E-state index in [1.165, 1.54) is 38.5 Å². The predicted molar refractivity (Wildman–Crippen MR) is 75.6 cm³/mol. The maximum atomic E-state index is 6.12. The highest BCUT2D eigenvalue weighted by Crippen LogP contribution is 2.32. The molecule has 0 aromatic rings. The Balaban J connectivity index is 2.05. The Labute approximate surface area is 112 Å². The van der Waals surface area contributed by atoms with Gasteiger partial charge in [0.15, 0.2) is 0 Å². The second-order valence-corrected chi connectivity index (χ2v) is 6.61. The first-order valence-corrected chi connectivity index (χ1v) is 7.70. The minimum atomic E-state index is 0.147. The Kier molecular flexibility index (Phi) is 5.05. The highest BCUT2D eigenvalue weighted by Gasteiger charge is 2.38. The molecule has 18 heavy (non-hydrogen) atoms. The van der Waals surface area contributed by atoms with Crippen LogP contribution >= 0.6 is 0 Å². The van der Waals surface area contributed by atoms with Gasteiger partial charge in [-0.25, -0.2) is 0 Å². The molecule has 2 rings (SSSR count). The quantitative estimate of drug-likeness (QED) is 0.786. The molecule has 0 spiro atoms. The molecule has 0 aromatic carbocycles. The number of rotatable bonds is 3. The van der Waals surface area contributed by atoms with E-state index in [1.54, 1.807) is 0 Å². The molecule has 1 aliphatic heterocycles. The first kappa shape index (κ1) is 14.3. The number of nitrogens with zero attached hydrogens (tertiary/aromatic N) is 1. The minimum absolute atomic E-state index is 0.147. The molecule has 1 heterocycles. The molecule has 1 aliphatic carbocycles. The topological polar surface area (TPSA) is 38.5 Å². The maximum absolute atomic E-state index is 6.12. The summed E-state index contributed by atoms with van der Waals surface area (Å²) in [6.45, 7) is 8.15. The van der Waals surface area contributed by atoms with Gasteiger partial charge in [-0.3, -0.25) is 4.90 Å². The summed E-state index contributed by atoms with van der Waals surface area (Å²) in [7, 11) is 0. The molecule has 3 heteroatoms. The summed E-state index contributed by atoms with van der Waals surface area (Å²) in [5.74, 6) is 0.801. The number of hydrogen-bond acceptors (Lipinski definition) is 3. The van der Waals surface area contributed by atoms with Gasteiger partial charge in [-0.1, -0.05) is 25.7 Å². The molecule has 3 nitrogen and oxygen atoms in total. The lowest BCUT2D eigenvalue weighted by atomic mass is 9.87. The standard InChI is InChI=1S/C15H30N2O/c1-15(2)12-18-10-9-17(15)14(11-16)13-7-5-3-4-6-8-13/h13-14H,3-12,16H2,1-2H3. The number of morpholine rings is 1. The fraction of sp³-hybridized carbons (Fsp3) is 1.00. The van der Waals surface area contributed by atoms with Gasteiger partial charge in [0.05, 0.1) is 13.2 Å². The molecule has 106 valence electrons. The molecular weight excluding hydrogens is 224 g/mol. The normalized spacial score (nSPS) is 28.8. The highest BCUT2D eigenvalue weighted by molar-refractivity contribution is 4.92. The van der Waals surface area contributed by atoms with Crippen molar-refractivity contribution in [3.63, 3.8) is 0 Å². The molecule has 2 aliphatic rings. The fourth-order valence-electron chi connectivity index (χ4n) is 3.76. The first-order chi connectivity index (χ1) is 8.65. The van der Waals surface area contributed by atoms with Crippen molar-refractivity contribution < 1.29 is 4.74 Å². The molecule has 1 saturated carbocycles. The summed E-state index contributed by atoms with van der Waals surface area (Å²) in [4.78, 5) is 2.63. The van der Waals surface area contributed by atoms with Crippen molar-refractivity contribution in [2.45, 2.75) is 64.0 Å². The summed E-state index contributed by atoms with van der Waals surface area (Å²) in [6, 6.07) is 0.557. The molecule has 0 radical (unpaired) electrons. The van der Waals surface area contributed by atoms with Gasteiger partial charge in [0, 0.05) is 24.7 Å². The average molecular weight is 254 g/mol. The summed E-state index contributed by atoms with van der Waals surface area (Å²) in [6.07, 6.45) is 8.36. The second-order valence-electron chi connectivity index (χ2n) is 6.61. The number of ether oxygens (including phenoxy) is 1. The Morgan fingerprint density at radius 1 is 1.22 bits per heavy atom. The Morgan fingerprint density at radius 2 is 1.89 bits per heavy atom. The maximum Gasteiger partial charge on any atom is 0.0645 e. The molecule has 1 saturated heterocycles. The Bertz CT molecular complexity index is 247. The molecule has 0 aromatic heterocycles. The Hall–Kier alpha value is -0.120. The van der Waals surface area contributed by atoms with Crippen molar-refractivity contribution in [2.24, 2.45) is 11.7 Å². The first-order valence-electron chi connectivity index (χ1n) is 7.70. The van der Waals surface area contributed by atoms with E-state index in [1.807, 2.05) is 0 Å². The molecule has 2 N–H and O–H groups in total. The third kappa shape index (κ3) is 3.25. The van der Waals surface area contributed by atoms with Crippen LogP contribution in [-0.2, 0) is 4.74 Å². The predicted octanol–water partition coefficient (Wildman–Crippen LogP) is 2.39. The van der Waals surface area contributed by atoms with E-state index >= 15 is 0 Å². The van der Waals surface area contributed by atoms with E-state index in [2.05, 4.69) is 18.7 Å². The zero-order chi connectivity index (χ0) is 13.0. The van der Waals surface area contributed by atoms with E-state index in [-0.39, 0.29) is 5.54 Å². The van der Waals surface area contributed by atoms with Crippen LogP contribution in [0.3, 0.4) is 0 Å². The highest BCUT2D eigenvalue weighted by atomic mass is 16.5. The summed E-state index contributed by atoms with van der Waals surface area (Å²) < 4.78 is 5.64. The van der Waals surface area contributed by atoms with Gasteiger partial charge >= 0.3 is 0 Å². The van der Waals surface area contributed by atoms with Gasteiger partial charge in [0.2, 0.25) is 0 Å². The lowest BCUT2D eigenvalue weighted by Crippen LogP contribution is -2.60. The molecular formula is C15H30N2O. The van der Waals surface area contributed by atoms with Crippen molar-refractivity contribution in [3.05, 3.63) is 0 Å². The average Bonchev–Trinajstić information content (AvgIpc) is 2.61. The van der Waals surface area contributed by atoms with Gasteiger partial charge in [0.25, 0.3) is 0 Å². The van der Waals surface area contributed by atoms with Crippen LogP contribution in [0.2, 0.25) is 0 Å². The second kappa shape index (κ2) is 6.36. The third-order valence-electron chi connectivity index (χ3n) is 4.80. The fourth-order valence-corrected chi connectivity index (χ4v) is 3.76. The molecule has 2 fully saturated rings. The van der Waals surface area contributed by atoms with Crippen molar-refractivity contribution in [2.75, 3.05) is 26.3 Å². The van der Waals surface area contributed by atoms with Crippen LogP contribution in [-0.4, -0.2) is 42.8 Å². The van der Waals surface area contributed by atoms with Crippen LogP contribution in [0.5, 0.6) is 0 Å². The smallest absolute Gasteiger partial charge is 0.0645 e. The number of nitrogens with two attached hydrogens (primary N) is 1. The number of hydrogen-bond donors (Lipinski definition) is 1. The summed E-state index contributed by atoms with van der Waals surface area (Å²) >= 11 is 0. The Morgan fingerprint density at radius 3 is 2.44 bits per heavy atom. The van der Waals surface area contributed by atoms with Gasteiger partial charge in [-0.05, 0) is 32.6 Å². The van der Waals surface area contributed by atoms with E-state index in [9.17, 15) is 0 Å². The monoisotopic (exact) mass is 254 g/mol. The van der Waals surface area contributed by atoms with E-state index in [4.69, 9.17) is 10.5 Å². The zero-order valence-corrected chi connectivity index (χ0v) is 12.2. The SMILES string of the molecule is CC1(C)COCCN1C(CN)C1CCCCCC1. The van der Waals surface area contributed by atoms with Crippen LogP contribution in [0.1, 0.15) is 52.4 Å². The van der Waals surface area contributed by atoms with Crippen molar-refractivity contribution in [1.29, 1.82) is 0 Å². The van der Waals surface area contributed by atoms with Crippen LogP contribution in [0.25, 0.3) is 0 Å². The van der Waals surface area contributed by atoms with E-state index < -0.39 is 0 Å². The van der Waals surface area contributed by atoms with Crippen LogP contribution in [0.15, 0.2) is 0 Å². The van der Waals surface area contributed by atoms with Crippen LogP contribution in [0, 0.1) is 5.92 Å². The molecule has 1 unspecified atom stereocenters. The van der Waals surface area contributed by atoms with Crippen molar-refractivity contribution in [3.8, 4) is 0 Å².